The molecule has 2 aliphatic rings. The molecule has 1 fully saturated rings. The number of nitrogens with zero attached hydrogens (tertiary/aromatic N) is 2. The Morgan fingerprint density at radius 2 is 1.70 bits per heavy atom. The summed E-state index contributed by atoms with van der Waals surface area (Å²) in [4.78, 5) is 17.1. The standard InChI is InChI=1S/C22H27N3O2/c26-22(25-13-5-7-18-6-1-3-9-20(18)25)11-12-23-19-8-2-4-10-21(19)24-14-16-27-17-15-24/h1-4,6,8-10,23H,5,7,11-17H2. The highest BCUT2D eigenvalue weighted by Gasteiger charge is 2.22. The minimum absolute atomic E-state index is 0.193. The van der Waals surface area contributed by atoms with Crippen LogP contribution in [0.4, 0.5) is 17.1 Å². The van der Waals surface area contributed by atoms with E-state index in [0.29, 0.717) is 13.0 Å². The molecule has 2 aromatic carbocycles. The minimum Gasteiger partial charge on any atom is -0.383 e. The molecule has 0 unspecified atom stereocenters. The van der Waals surface area contributed by atoms with Crippen molar-refractivity contribution in [1.82, 2.24) is 0 Å². The van der Waals surface area contributed by atoms with Crippen molar-refractivity contribution >= 4 is 23.0 Å². The molecule has 5 heteroatoms. The molecule has 0 aromatic heterocycles. The number of nitrogens with one attached hydrogen (secondary N) is 1. The number of morpholine rings is 1. The van der Waals surface area contributed by atoms with E-state index < -0.39 is 0 Å². The molecule has 0 spiro atoms. The van der Waals surface area contributed by atoms with Crippen molar-refractivity contribution in [3.05, 3.63) is 54.1 Å². The van der Waals surface area contributed by atoms with Crippen LogP contribution in [0.1, 0.15) is 18.4 Å². The summed E-state index contributed by atoms with van der Waals surface area (Å²) < 4.78 is 5.46. The number of hydrogen-bond donors (Lipinski definition) is 1. The van der Waals surface area contributed by atoms with Gasteiger partial charge in [-0.3, -0.25) is 4.79 Å². The van der Waals surface area contributed by atoms with Gasteiger partial charge in [0.15, 0.2) is 0 Å². The molecule has 0 bridgehead atoms. The number of benzene rings is 2. The van der Waals surface area contributed by atoms with Gasteiger partial charge in [0.05, 0.1) is 24.6 Å². The van der Waals surface area contributed by atoms with E-state index in [9.17, 15) is 4.79 Å². The fraction of sp³-hybridized carbons (Fsp3) is 0.409. The van der Waals surface area contributed by atoms with Gasteiger partial charge in [-0.25, -0.2) is 0 Å². The van der Waals surface area contributed by atoms with Crippen LogP contribution in [0.5, 0.6) is 0 Å². The molecule has 2 heterocycles. The van der Waals surface area contributed by atoms with Gasteiger partial charge >= 0.3 is 0 Å². The van der Waals surface area contributed by atoms with Crippen LogP contribution in [0.25, 0.3) is 0 Å². The normalized spacial score (nSPS) is 16.7. The number of aryl methyl sites for hydroxylation is 1. The predicted octanol–water partition coefficient (Wildman–Crippen LogP) is 3.30. The average Bonchev–Trinajstić information content (AvgIpc) is 2.74. The first kappa shape index (κ1) is 17.9. The maximum absolute atomic E-state index is 12.8. The number of rotatable bonds is 5. The van der Waals surface area contributed by atoms with Crippen LogP contribution in [0.3, 0.4) is 0 Å². The lowest BCUT2D eigenvalue weighted by Gasteiger charge is -2.31. The second-order valence-corrected chi connectivity index (χ2v) is 7.07. The smallest absolute Gasteiger partial charge is 0.228 e. The molecule has 5 nitrogen and oxygen atoms in total. The second kappa shape index (κ2) is 8.44. The molecule has 1 amide bonds. The van der Waals surface area contributed by atoms with Gasteiger partial charge in [0.1, 0.15) is 0 Å². The number of amides is 1. The summed E-state index contributed by atoms with van der Waals surface area (Å²) in [6.07, 6.45) is 2.59. The number of para-hydroxylation sites is 3. The minimum atomic E-state index is 0.193. The maximum Gasteiger partial charge on any atom is 0.228 e. The van der Waals surface area contributed by atoms with Crippen molar-refractivity contribution in [1.29, 1.82) is 0 Å². The van der Waals surface area contributed by atoms with E-state index in [0.717, 1.165) is 57.1 Å². The van der Waals surface area contributed by atoms with Gasteiger partial charge in [0.2, 0.25) is 5.91 Å². The number of fused-ring (bicyclic) bond motifs is 1. The summed E-state index contributed by atoms with van der Waals surface area (Å²) in [5, 5.41) is 3.47. The largest absolute Gasteiger partial charge is 0.383 e. The number of carbonyl (C=O) groups is 1. The van der Waals surface area contributed by atoms with Gasteiger partial charge in [-0.1, -0.05) is 30.3 Å². The van der Waals surface area contributed by atoms with Gasteiger partial charge in [-0.05, 0) is 36.6 Å². The first-order chi connectivity index (χ1) is 13.3. The molecule has 27 heavy (non-hydrogen) atoms. The molecule has 2 aliphatic heterocycles. The zero-order chi connectivity index (χ0) is 18.5. The molecule has 2 aromatic rings. The van der Waals surface area contributed by atoms with Crippen LogP contribution in [0.15, 0.2) is 48.5 Å². The number of hydrogen-bond acceptors (Lipinski definition) is 4. The summed E-state index contributed by atoms with van der Waals surface area (Å²) in [5.41, 5.74) is 4.65. The lowest BCUT2D eigenvalue weighted by Crippen LogP contribution is -2.37. The van der Waals surface area contributed by atoms with Crippen molar-refractivity contribution in [2.24, 2.45) is 0 Å². The Bertz CT molecular complexity index is 787. The fourth-order valence-corrected chi connectivity index (χ4v) is 3.93. The first-order valence-electron chi connectivity index (χ1n) is 9.87. The lowest BCUT2D eigenvalue weighted by atomic mass is 10.0. The summed E-state index contributed by atoms with van der Waals surface area (Å²) >= 11 is 0. The van der Waals surface area contributed by atoms with Crippen molar-refractivity contribution in [2.45, 2.75) is 19.3 Å². The van der Waals surface area contributed by atoms with Crippen LogP contribution in [-0.4, -0.2) is 45.3 Å². The molecule has 0 atom stereocenters. The monoisotopic (exact) mass is 365 g/mol. The summed E-state index contributed by atoms with van der Waals surface area (Å²) in [6, 6.07) is 16.6. The topological polar surface area (TPSA) is 44.8 Å². The van der Waals surface area contributed by atoms with Crippen LogP contribution < -0.4 is 15.1 Å². The summed E-state index contributed by atoms with van der Waals surface area (Å²) in [7, 11) is 0. The number of carbonyl (C=O) groups excluding carboxylic acids is 1. The zero-order valence-electron chi connectivity index (χ0n) is 15.7. The van der Waals surface area contributed by atoms with Crippen molar-refractivity contribution in [2.75, 3.05) is 54.5 Å². The maximum atomic E-state index is 12.8. The molecule has 0 radical (unpaired) electrons. The highest BCUT2D eigenvalue weighted by molar-refractivity contribution is 5.94. The van der Waals surface area contributed by atoms with Crippen LogP contribution in [-0.2, 0) is 16.0 Å². The number of anilines is 3. The summed E-state index contributed by atoms with van der Waals surface area (Å²) in [5.74, 6) is 0.193. The average molecular weight is 365 g/mol. The highest BCUT2D eigenvalue weighted by Crippen LogP contribution is 2.28. The Labute approximate surface area is 160 Å². The van der Waals surface area contributed by atoms with E-state index in [4.69, 9.17) is 4.74 Å². The van der Waals surface area contributed by atoms with Gasteiger partial charge < -0.3 is 19.9 Å². The van der Waals surface area contributed by atoms with Crippen molar-refractivity contribution in [3.8, 4) is 0 Å². The molecule has 142 valence electrons. The Kier molecular flexibility index (Phi) is 5.58. The van der Waals surface area contributed by atoms with Crippen molar-refractivity contribution < 1.29 is 9.53 Å². The van der Waals surface area contributed by atoms with E-state index in [-0.39, 0.29) is 5.91 Å². The van der Waals surface area contributed by atoms with Crippen LogP contribution in [0.2, 0.25) is 0 Å². The van der Waals surface area contributed by atoms with Crippen LogP contribution >= 0.6 is 0 Å². The molecule has 4 rings (SSSR count). The highest BCUT2D eigenvalue weighted by atomic mass is 16.5. The molecule has 0 saturated carbocycles. The third-order valence-electron chi connectivity index (χ3n) is 5.32. The SMILES string of the molecule is O=C(CCNc1ccccc1N1CCOCC1)N1CCCc2ccccc21. The third-order valence-corrected chi connectivity index (χ3v) is 5.32. The van der Waals surface area contributed by atoms with Gasteiger partial charge in [0, 0.05) is 38.3 Å². The quantitative estimate of drug-likeness (QED) is 0.883. The summed E-state index contributed by atoms with van der Waals surface area (Å²) in [6.45, 7) is 4.80. The van der Waals surface area contributed by atoms with E-state index in [1.54, 1.807) is 0 Å². The zero-order valence-corrected chi connectivity index (χ0v) is 15.7. The van der Waals surface area contributed by atoms with E-state index in [2.05, 4.69) is 46.6 Å². The van der Waals surface area contributed by atoms with Gasteiger partial charge in [-0.2, -0.15) is 0 Å². The Morgan fingerprint density at radius 3 is 2.56 bits per heavy atom. The van der Waals surface area contributed by atoms with Gasteiger partial charge in [-0.15, -0.1) is 0 Å². The molecule has 1 N–H and O–H groups in total. The molecular formula is C22H27N3O2. The Hall–Kier alpha value is -2.53. The Morgan fingerprint density at radius 1 is 0.963 bits per heavy atom. The van der Waals surface area contributed by atoms with E-state index >= 15 is 0 Å². The predicted molar refractivity (Wildman–Crippen MR) is 110 cm³/mol. The lowest BCUT2D eigenvalue weighted by molar-refractivity contribution is -0.118. The van der Waals surface area contributed by atoms with Crippen LogP contribution in [0, 0.1) is 0 Å². The molecule has 1 saturated heterocycles. The fourth-order valence-electron chi connectivity index (χ4n) is 3.93. The van der Waals surface area contributed by atoms with Gasteiger partial charge in [0.25, 0.3) is 0 Å². The Balaban J connectivity index is 1.37. The van der Waals surface area contributed by atoms with E-state index in [1.165, 1.54) is 11.3 Å². The first-order valence-corrected chi connectivity index (χ1v) is 9.87. The molecule has 0 aliphatic carbocycles. The second-order valence-electron chi connectivity index (χ2n) is 7.07. The van der Waals surface area contributed by atoms with Crippen molar-refractivity contribution in [3.63, 3.8) is 0 Å². The molecular weight excluding hydrogens is 338 g/mol. The van der Waals surface area contributed by atoms with E-state index in [1.807, 2.05) is 17.0 Å². The third kappa shape index (κ3) is 4.08. The number of ether oxygens (including phenoxy) is 1.